The van der Waals surface area contributed by atoms with Gasteiger partial charge in [0.1, 0.15) is 0 Å². The molecule has 0 amide bonds. The van der Waals surface area contributed by atoms with E-state index in [1.807, 2.05) is 13.8 Å². The second-order valence-electron chi connectivity index (χ2n) is 2.36. The Labute approximate surface area is 50.3 Å². The monoisotopic (exact) mass is 115 g/mol. The highest BCUT2D eigenvalue weighted by molar-refractivity contribution is 4.94. The normalized spacial score (nSPS) is 12.5. The van der Waals surface area contributed by atoms with Crippen LogP contribution in [0.15, 0.2) is 12.3 Å². The van der Waals surface area contributed by atoms with Gasteiger partial charge in [0.05, 0.1) is 13.4 Å². The first-order valence-electron chi connectivity index (χ1n) is 2.55. The zero-order valence-corrected chi connectivity index (χ0v) is 5.64. The fraction of sp³-hybridized carbons (Fsp3) is 0.667. The van der Waals surface area contributed by atoms with Crippen molar-refractivity contribution in [2.24, 2.45) is 5.73 Å². The topological polar surface area (TPSA) is 35.2 Å². The maximum Gasteiger partial charge on any atom is 0.0802 e. The SMILES string of the molecule is CO/C=C/C(C)(C)N. The van der Waals surface area contributed by atoms with Gasteiger partial charge in [0.25, 0.3) is 0 Å². The molecule has 0 saturated heterocycles. The summed E-state index contributed by atoms with van der Waals surface area (Å²) in [5.41, 5.74) is 5.30. The average Bonchev–Trinajstić information content (AvgIpc) is 1.59. The van der Waals surface area contributed by atoms with Gasteiger partial charge in [0, 0.05) is 5.54 Å². The van der Waals surface area contributed by atoms with E-state index >= 15 is 0 Å². The Kier molecular flexibility index (Phi) is 2.55. The number of methoxy groups -OCH3 is 1. The lowest BCUT2D eigenvalue weighted by Gasteiger charge is -2.10. The van der Waals surface area contributed by atoms with E-state index in [1.54, 1.807) is 19.4 Å². The van der Waals surface area contributed by atoms with Crippen molar-refractivity contribution in [3.05, 3.63) is 12.3 Å². The third kappa shape index (κ3) is 5.50. The van der Waals surface area contributed by atoms with Crippen molar-refractivity contribution in [3.63, 3.8) is 0 Å². The average molecular weight is 115 g/mol. The van der Waals surface area contributed by atoms with E-state index in [0.717, 1.165) is 0 Å². The van der Waals surface area contributed by atoms with Crippen LogP contribution in [0.3, 0.4) is 0 Å². The van der Waals surface area contributed by atoms with Gasteiger partial charge in [0.15, 0.2) is 0 Å². The molecule has 0 aliphatic carbocycles. The van der Waals surface area contributed by atoms with Crippen LogP contribution in [0.2, 0.25) is 0 Å². The van der Waals surface area contributed by atoms with Gasteiger partial charge in [0.2, 0.25) is 0 Å². The summed E-state index contributed by atoms with van der Waals surface area (Å²) in [5, 5.41) is 0. The van der Waals surface area contributed by atoms with E-state index in [4.69, 9.17) is 5.73 Å². The van der Waals surface area contributed by atoms with Gasteiger partial charge >= 0.3 is 0 Å². The Morgan fingerprint density at radius 1 is 1.50 bits per heavy atom. The van der Waals surface area contributed by atoms with Crippen LogP contribution in [0.25, 0.3) is 0 Å². The van der Waals surface area contributed by atoms with Crippen LogP contribution in [-0.4, -0.2) is 12.6 Å². The van der Waals surface area contributed by atoms with Gasteiger partial charge in [-0.2, -0.15) is 0 Å². The first kappa shape index (κ1) is 7.50. The maximum absolute atomic E-state index is 5.55. The van der Waals surface area contributed by atoms with E-state index in [2.05, 4.69) is 4.74 Å². The predicted octanol–water partition coefficient (Wildman–Crippen LogP) is 0.884. The molecule has 0 spiro atoms. The molecule has 0 aromatic heterocycles. The van der Waals surface area contributed by atoms with Crippen molar-refractivity contribution in [1.82, 2.24) is 0 Å². The molecule has 0 atom stereocenters. The van der Waals surface area contributed by atoms with E-state index < -0.39 is 0 Å². The van der Waals surface area contributed by atoms with Crippen molar-refractivity contribution in [2.45, 2.75) is 19.4 Å². The number of nitrogens with two attached hydrogens (primary N) is 1. The fourth-order valence-electron chi connectivity index (χ4n) is 0.243. The zero-order valence-electron chi connectivity index (χ0n) is 5.64. The van der Waals surface area contributed by atoms with Gasteiger partial charge < -0.3 is 10.5 Å². The van der Waals surface area contributed by atoms with Gasteiger partial charge in [-0.05, 0) is 19.9 Å². The molecular formula is C6H13NO. The molecule has 0 heterocycles. The minimum Gasteiger partial charge on any atom is -0.505 e. The van der Waals surface area contributed by atoms with Gasteiger partial charge in [-0.25, -0.2) is 0 Å². The lowest BCUT2D eigenvalue weighted by Crippen LogP contribution is -2.28. The van der Waals surface area contributed by atoms with E-state index in [1.165, 1.54) is 0 Å². The summed E-state index contributed by atoms with van der Waals surface area (Å²) in [6.45, 7) is 3.81. The summed E-state index contributed by atoms with van der Waals surface area (Å²) < 4.78 is 4.66. The molecule has 0 saturated carbocycles. The molecule has 0 radical (unpaired) electrons. The molecule has 2 heteroatoms. The first-order chi connectivity index (χ1) is 3.56. The third-order valence-corrected chi connectivity index (χ3v) is 0.634. The Balaban J connectivity index is 3.52. The predicted molar refractivity (Wildman–Crippen MR) is 34.4 cm³/mol. The van der Waals surface area contributed by atoms with Crippen LogP contribution in [0, 0.1) is 0 Å². The van der Waals surface area contributed by atoms with Crippen LogP contribution >= 0.6 is 0 Å². The lowest BCUT2D eigenvalue weighted by molar-refractivity contribution is 0.333. The van der Waals surface area contributed by atoms with Crippen LogP contribution < -0.4 is 5.73 Å². The number of ether oxygens (including phenoxy) is 1. The fourth-order valence-corrected chi connectivity index (χ4v) is 0.243. The molecule has 0 aliphatic rings. The Hall–Kier alpha value is -0.500. The number of rotatable bonds is 2. The molecule has 0 bridgehead atoms. The molecule has 0 aromatic carbocycles. The summed E-state index contributed by atoms with van der Waals surface area (Å²) in [7, 11) is 1.60. The van der Waals surface area contributed by atoms with Crippen molar-refractivity contribution in [1.29, 1.82) is 0 Å². The van der Waals surface area contributed by atoms with Crippen LogP contribution in [0.4, 0.5) is 0 Å². The van der Waals surface area contributed by atoms with Crippen molar-refractivity contribution in [2.75, 3.05) is 7.11 Å². The van der Waals surface area contributed by atoms with E-state index in [-0.39, 0.29) is 5.54 Å². The molecule has 2 N–H and O–H groups in total. The summed E-state index contributed by atoms with van der Waals surface area (Å²) >= 11 is 0. The standard InChI is InChI=1S/C6H13NO/c1-6(2,7)4-5-8-3/h4-5H,7H2,1-3H3/b5-4+. The molecular weight excluding hydrogens is 102 g/mol. The summed E-state index contributed by atoms with van der Waals surface area (Å²) in [4.78, 5) is 0. The van der Waals surface area contributed by atoms with Crippen molar-refractivity contribution < 1.29 is 4.74 Å². The largest absolute Gasteiger partial charge is 0.505 e. The highest BCUT2D eigenvalue weighted by Gasteiger charge is 2.02. The summed E-state index contributed by atoms with van der Waals surface area (Å²) in [6.07, 6.45) is 3.38. The second-order valence-corrected chi connectivity index (χ2v) is 2.36. The minimum atomic E-state index is -0.254. The molecule has 2 nitrogen and oxygen atoms in total. The highest BCUT2D eigenvalue weighted by Crippen LogP contribution is 1.96. The summed E-state index contributed by atoms with van der Waals surface area (Å²) in [5.74, 6) is 0. The number of hydrogen-bond donors (Lipinski definition) is 1. The second kappa shape index (κ2) is 2.72. The molecule has 0 aromatic rings. The molecule has 8 heavy (non-hydrogen) atoms. The van der Waals surface area contributed by atoms with Gasteiger partial charge in [-0.15, -0.1) is 0 Å². The van der Waals surface area contributed by atoms with Crippen LogP contribution in [0.1, 0.15) is 13.8 Å². The van der Waals surface area contributed by atoms with Crippen LogP contribution in [-0.2, 0) is 4.74 Å². The molecule has 0 unspecified atom stereocenters. The Morgan fingerprint density at radius 3 is 2.12 bits per heavy atom. The summed E-state index contributed by atoms with van der Waals surface area (Å²) in [6, 6.07) is 0. The van der Waals surface area contributed by atoms with Crippen LogP contribution in [0.5, 0.6) is 0 Å². The molecule has 48 valence electrons. The quantitative estimate of drug-likeness (QED) is 0.542. The minimum absolute atomic E-state index is 0.254. The van der Waals surface area contributed by atoms with E-state index in [0.29, 0.717) is 0 Å². The first-order valence-corrected chi connectivity index (χ1v) is 2.55. The van der Waals surface area contributed by atoms with Crippen molar-refractivity contribution in [3.8, 4) is 0 Å². The lowest BCUT2D eigenvalue weighted by atomic mass is 10.1. The van der Waals surface area contributed by atoms with Gasteiger partial charge in [-0.1, -0.05) is 0 Å². The van der Waals surface area contributed by atoms with Gasteiger partial charge in [-0.3, -0.25) is 0 Å². The molecule has 0 aliphatic heterocycles. The smallest absolute Gasteiger partial charge is 0.0802 e. The Bertz CT molecular complexity index is 81.0. The molecule has 0 fully saturated rings. The highest BCUT2D eigenvalue weighted by atomic mass is 16.5. The Morgan fingerprint density at radius 2 is 2.00 bits per heavy atom. The molecule has 0 rings (SSSR count). The zero-order chi connectivity index (χ0) is 6.62. The number of hydrogen-bond acceptors (Lipinski definition) is 2. The third-order valence-electron chi connectivity index (χ3n) is 0.634. The van der Waals surface area contributed by atoms with Crippen molar-refractivity contribution >= 4 is 0 Å². The van der Waals surface area contributed by atoms with E-state index in [9.17, 15) is 0 Å². The maximum atomic E-state index is 5.55.